The molecule has 0 aliphatic rings. The van der Waals surface area contributed by atoms with E-state index in [1.165, 1.54) is 11.3 Å². The summed E-state index contributed by atoms with van der Waals surface area (Å²) in [5, 5.41) is 4.58. The molecule has 0 atom stereocenters. The highest BCUT2D eigenvalue weighted by atomic mass is 32.1. The van der Waals surface area contributed by atoms with Gasteiger partial charge in [-0.05, 0) is 32.3 Å². The SMILES string of the molecule is CCc1c(C)nn(CCC(C)(C)C(N)=S)c1C. The van der Waals surface area contributed by atoms with Gasteiger partial charge in [-0.15, -0.1) is 0 Å². The Labute approximate surface area is 109 Å². The molecule has 0 aliphatic heterocycles. The van der Waals surface area contributed by atoms with Crippen molar-refractivity contribution in [1.82, 2.24) is 9.78 Å². The second kappa shape index (κ2) is 5.17. The van der Waals surface area contributed by atoms with Gasteiger partial charge in [0.25, 0.3) is 0 Å². The molecular formula is C13H23N3S. The number of nitrogens with zero attached hydrogens (tertiary/aromatic N) is 2. The largest absolute Gasteiger partial charge is 0.393 e. The zero-order valence-corrected chi connectivity index (χ0v) is 12.3. The van der Waals surface area contributed by atoms with Crippen LogP contribution in [0.15, 0.2) is 0 Å². The molecule has 4 heteroatoms. The first kappa shape index (κ1) is 14.2. The fourth-order valence-electron chi connectivity index (χ4n) is 1.97. The molecule has 0 amide bonds. The van der Waals surface area contributed by atoms with Crippen molar-refractivity contribution >= 4 is 17.2 Å². The van der Waals surface area contributed by atoms with Crippen molar-refractivity contribution in [2.75, 3.05) is 0 Å². The lowest BCUT2D eigenvalue weighted by atomic mass is 9.89. The van der Waals surface area contributed by atoms with E-state index in [9.17, 15) is 0 Å². The molecule has 96 valence electrons. The summed E-state index contributed by atoms with van der Waals surface area (Å²) in [5.41, 5.74) is 9.40. The topological polar surface area (TPSA) is 43.8 Å². The van der Waals surface area contributed by atoms with Gasteiger partial charge in [-0.25, -0.2) is 0 Å². The maximum Gasteiger partial charge on any atom is 0.0785 e. The van der Waals surface area contributed by atoms with Crippen molar-refractivity contribution in [3.8, 4) is 0 Å². The predicted octanol–water partition coefficient (Wildman–Crippen LogP) is 2.76. The Bertz CT molecular complexity index is 419. The smallest absolute Gasteiger partial charge is 0.0785 e. The third-order valence-electron chi connectivity index (χ3n) is 3.50. The van der Waals surface area contributed by atoms with Crippen molar-refractivity contribution in [1.29, 1.82) is 0 Å². The summed E-state index contributed by atoms with van der Waals surface area (Å²) in [4.78, 5) is 0.578. The number of aryl methyl sites for hydroxylation is 2. The van der Waals surface area contributed by atoms with Gasteiger partial charge in [0.15, 0.2) is 0 Å². The molecule has 0 aliphatic carbocycles. The van der Waals surface area contributed by atoms with Crippen molar-refractivity contribution < 1.29 is 0 Å². The third-order valence-corrected chi connectivity index (χ3v) is 4.05. The summed E-state index contributed by atoms with van der Waals surface area (Å²) < 4.78 is 2.08. The summed E-state index contributed by atoms with van der Waals surface area (Å²) >= 11 is 5.08. The third kappa shape index (κ3) is 3.06. The summed E-state index contributed by atoms with van der Waals surface area (Å²) in [7, 11) is 0. The maximum atomic E-state index is 5.74. The van der Waals surface area contributed by atoms with Crippen LogP contribution in [0.4, 0.5) is 0 Å². The summed E-state index contributed by atoms with van der Waals surface area (Å²) in [6.07, 6.45) is 1.96. The van der Waals surface area contributed by atoms with Crippen molar-refractivity contribution in [3.05, 3.63) is 17.0 Å². The van der Waals surface area contributed by atoms with Gasteiger partial charge < -0.3 is 5.73 Å². The van der Waals surface area contributed by atoms with E-state index in [1.807, 2.05) is 0 Å². The van der Waals surface area contributed by atoms with Gasteiger partial charge in [0.1, 0.15) is 0 Å². The van der Waals surface area contributed by atoms with E-state index < -0.39 is 0 Å². The zero-order chi connectivity index (χ0) is 13.2. The first-order valence-corrected chi connectivity index (χ1v) is 6.53. The van der Waals surface area contributed by atoms with E-state index in [0.717, 1.165) is 25.1 Å². The molecule has 0 radical (unpaired) electrons. The Balaban J connectivity index is 2.80. The Hall–Kier alpha value is -0.900. The van der Waals surface area contributed by atoms with Gasteiger partial charge in [-0.1, -0.05) is 33.0 Å². The molecule has 0 unspecified atom stereocenters. The van der Waals surface area contributed by atoms with Crippen LogP contribution in [0, 0.1) is 19.3 Å². The zero-order valence-electron chi connectivity index (χ0n) is 11.5. The van der Waals surface area contributed by atoms with Crippen LogP contribution in [0.5, 0.6) is 0 Å². The minimum absolute atomic E-state index is 0.103. The highest BCUT2D eigenvalue weighted by Gasteiger charge is 2.22. The molecule has 0 fully saturated rings. The maximum absolute atomic E-state index is 5.74. The lowest BCUT2D eigenvalue weighted by Gasteiger charge is -2.23. The molecule has 3 nitrogen and oxygen atoms in total. The predicted molar refractivity (Wildman–Crippen MR) is 76.3 cm³/mol. The molecule has 0 aromatic carbocycles. The monoisotopic (exact) mass is 253 g/mol. The highest BCUT2D eigenvalue weighted by molar-refractivity contribution is 7.80. The van der Waals surface area contributed by atoms with Gasteiger partial charge in [0.2, 0.25) is 0 Å². The van der Waals surface area contributed by atoms with Gasteiger partial charge in [0.05, 0.1) is 10.7 Å². The van der Waals surface area contributed by atoms with Crippen LogP contribution in [0.3, 0.4) is 0 Å². The quantitative estimate of drug-likeness (QED) is 0.821. The van der Waals surface area contributed by atoms with Gasteiger partial charge in [-0.2, -0.15) is 5.10 Å². The first-order valence-electron chi connectivity index (χ1n) is 6.12. The molecule has 1 rings (SSSR count). The normalized spacial score (nSPS) is 11.8. The molecule has 1 aromatic rings. The van der Waals surface area contributed by atoms with Crippen molar-refractivity contribution in [3.63, 3.8) is 0 Å². The average Bonchev–Trinajstić information content (AvgIpc) is 2.50. The second-order valence-corrected chi connectivity index (χ2v) is 5.66. The molecule has 0 bridgehead atoms. The fourth-order valence-corrected chi connectivity index (χ4v) is 2.07. The van der Waals surface area contributed by atoms with Crippen LogP contribution in [0.2, 0.25) is 0 Å². The number of nitrogens with two attached hydrogens (primary N) is 1. The van der Waals surface area contributed by atoms with Crippen LogP contribution in [-0.2, 0) is 13.0 Å². The number of thiocarbonyl (C=S) groups is 1. The lowest BCUT2D eigenvalue weighted by molar-refractivity contribution is 0.413. The summed E-state index contributed by atoms with van der Waals surface area (Å²) in [6, 6.07) is 0. The van der Waals surface area contributed by atoms with Gasteiger partial charge >= 0.3 is 0 Å². The molecule has 17 heavy (non-hydrogen) atoms. The van der Waals surface area contributed by atoms with Gasteiger partial charge in [0, 0.05) is 17.7 Å². The van der Waals surface area contributed by atoms with Gasteiger partial charge in [-0.3, -0.25) is 4.68 Å². The molecule has 0 saturated carbocycles. The Morgan fingerprint density at radius 2 is 2.00 bits per heavy atom. The average molecular weight is 253 g/mol. The number of aromatic nitrogens is 2. The van der Waals surface area contributed by atoms with Crippen molar-refractivity contribution in [2.45, 2.75) is 54.0 Å². The van der Waals surface area contributed by atoms with Crippen LogP contribution in [0.1, 0.15) is 44.1 Å². The molecule has 1 aromatic heterocycles. The van der Waals surface area contributed by atoms with E-state index in [0.29, 0.717) is 4.99 Å². The number of rotatable bonds is 5. The van der Waals surface area contributed by atoms with E-state index in [-0.39, 0.29) is 5.41 Å². The van der Waals surface area contributed by atoms with Crippen molar-refractivity contribution in [2.24, 2.45) is 11.1 Å². The van der Waals surface area contributed by atoms with Crippen LogP contribution >= 0.6 is 12.2 Å². The Morgan fingerprint density at radius 1 is 1.41 bits per heavy atom. The number of hydrogen-bond donors (Lipinski definition) is 1. The van der Waals surface area contributed by atoms with E-state index in [4.69, 9.17) is 18.0 Å². The Morgan fingerprint density at radius 3 is 2.41 bits per heavy atom. The minimum Gasteiger partial charge on any atom is -0.393 e. The molecule has 2 N–H and O–H groups in total. The van der Waals surface area contributed by atoms with Crippen LogP contribution in [0.25, 0.3) is 0 Å². The molecule has 1 heterocycles. The Kier molecular flexibility index (Phi) is 4.31. The minimum atomic E-state index is -0.103. The van der Waals surface area contributed by atoms with Crippen LogP contribution in [-0.4, -0.2) is 14.8 Å². The molecule has 0 spiro atoms. The van der Waals surface area contributed by atoms with E-state index >= 15 is 0 Å². The number of hydrogen-bond acceptors (Lipinski definition) is 2. The fraction of sp³-hybridized carbons (Fsp3) is 0.692. The lowest BCUT2D eigenvalue weighted by Crippen LogP contribution is -2.31. The van der Waals surface area contributed by atoms with E-state index in [2.05, 4.69) is 44.4 Å². The second-order valence-electron chi connectivity index (χ2n) is 5.22. The van der Waals surface area contributed by atoms with E-state index in [1.54, 1.807) is 0 Å². The highest BCUT2D eigenvalue weighted by Crippen LogP contribution is 2.23. The molecular weight excluding hydrogens is 230 g/mol. The van der Waals surface area contributed by atoms with Crippen LogP contribution < -0.4 is 5.73 Å². The summed E-state index contributed by atoms with van der Waals surface area (Å²) in [5.74, 6) is 0. The molecule has 0 saturated heterocycles. The summed E-state index contributed by atoms with van der Waals surface area (Å²) in [6.45, 7) is 11.4. The first-order chi connectivity index (χ1) is 7.79. The standard InChI is InChI=1S/C13H23N3S/c1-6-11-9(2)15-16(10(11)3)8-7-13(4,5)12(14)17/h6-8H2,1-5H3,(H2,14,17).